The lowest BCUT2D eigenvalue weighted by atomic mass is 10.0. The number of rotatable bonds is 7. The number of nitrogens with zero attached hydrogens (tertiary/aromatic N) is 4. The van der Waals surface area contributed by atoms with Crippen molar-refractivity contribution in [3.63, 3.8) is 0 Å². The maximum Gasteiger partial charge on any atom is 0.255 e. The maximum absolute atomic E-state index is 13.7. The SMILES string of the molecule is COc1ccc(F)cc1C(=O)NCc1ccc(-c2cn(C3CCCN(C(=O)CO)C3)c3ncnc(N)c23)cc1. The van der Waals surface area contributed by atoms with E-state index in [1.165, 1.54) is 25.6 Å². The lowest BCUT2D eigenvalue weighted by Gasteiger charge is -2.33. The Balaban J connectivity index is 1.38. The van der Waals surface area contributed by atoms with Gasteiger partial charge >= 0.3 is 0 Å². The van der Waals surface area contributed by atoms with Gasteiger partial charge in [0.25, 0.3) is 5.91 Å². The summed E-state index contributed by atoms with van der Waals surface area (Å²) in [6.45, 7) is 0.814. The standard InChI is InChI=1S/C28H29FN6O4/c1-39-23-9-8-19(29)11-21(23)28(38)31-12-17-4-6-18(7-5-17)22-14-35(27-25(22)26(30)32-16-33-27)20-3-2-10-34(13-20)24(37)15-36/h4-9,11,14,16,20,36H,2-3,10,12-13,15H2,1H3,(H,31,38)(H2,30,32,33). The number of hydrogen-bond acceptors (Lipinski definition) is 7. The van der Waals surface area contributed by atoms with E-state index in [9.17, 15) is 19.1 Å². The minimum atomic E-state index is -0.520. The quantitative estimate of drug-likeness (QED) is 0.333. The number of aliphatic hydroxyl groups is 1. The minimum absolute atomic E-state index is 0.0194. The zero-order chi connectivity index (χ0) is 27.5. The van der Waals surface area contributed by atoms with Crippen LogP contribution in [0.5, 0.6) is 5.75 Å². The predicted molar refractivity (Wildman–Crippen MR) is 143 cm³/mol. The zero-order valence-corrected chi connectivity index (χ0v) is 21.4. The molecule has 1 aliphatic rings. The first kappa shape index (κ1) is 26.1. The van der Waals surface area contributed by atoms with Crippen molar-refractivity contribution < 1.29 is 23.8 Å². The minimum Gasteiger partial charge on any atom is -0.496 e. The molecule has 1 unspecified atom stereocenters. The Bertz CT molecular complexity index is 1520. The summed E-state index contributed by atoms with van der Waals surface area (Å²) in [4.78, 5) is 35.1. The molecule has 0 radical (unpaired) electrons. The number of halogens is 1. The molecule has 1 fully saturated rings. The molecule has 2 aromatic carbocycles. The molecule has 3 heterocycles. The number of ether oxygens (including phenoxy) is 1. The van der Waals surface area contributed by atoms with E-state index in [0.717, 1.165) is 41.0 Å². The molecule has 2 aromatic heterocycles. The molecule has 0 spiro atoms. The molecule has 4 N–H and O–H groups in total. The van der Waals surface area contributed by atoms with Crippen LogP contribution < -0.4 is 15.8 Å². The third-order valence-electron chi connectivity index (χ3n) is 7.04. The molecule has 10 nitrogen and oxygen atoms in total. The monoisotopic (exact) mass is 532 g/mol. The maximum atomic E-state index is 13.7. The van der Waals surface area contributed by atoms with Gasteiger partial charge in [0, 0.05) is 31.4 Å². The molecular formula is C28H29FN6O4. The van der Waals surface area contributed by atoms with Crippen LogP contribution in [0, 0.1) is 5.82 Å². The highest BCUT2D eigenvalue weighted by molar-refractivity contribution is 6.00. The predicted octanol–water partition coefficient (Wildman–Crippen LogP) is 2.91. The number of methoxy groups -OCH3 is 1. The van der Waals surface area contributed by atoms with Crippen LogP contribution in [-0.4, -0.2) is 63.2 Å². The number of anilines is 1. The van der Waals surface area contributed by atoms with Crippen LogP contribution >= 0.6 is 0 Å². The molecule has 4 aromatic rings. The fourth-order valence-electron chi connectivity index (χ4n) is 5.05. The van der Waals surface area contributed by atoms with E-state index in [0.29, 0.717) is 30.3 Å². The first-order valence-corrected chi connectivity index (χ1v) is 12.6. The molecule has 11 heteroatoms. The van der Waals surface area contributed by atoms with Gasteiger partial charge in [0.15, 0.2) is 0 Å². The highest BCUT2D eigenvalue weighted by Gasteiger charge is 2.27. The normalized spacial score (nSPS) is 15.4. The number of nitrogens with two attached hydrogens (primary N) is 1. The van der Waals surface area contributed by atoms with Crippen molar-refractivity contribution in [2.75, 3.05) is 32.5 Å². The zero-order valence-electron chi connectivity index (χ0n) is 21.4. The molecule has 5 rings (SSSR count). The van der Waals surface area contributed by atoms with Gasteiger partial charge in [-0.3, -0.25) is 9.59 Å². The van der Waals surface area contributed by atoms with Crippen LogP contribution in [0.15, 0.2) is 55.0 Å². The van der Waals surface area contributed by atoms with Gasteiger partial charge in [-0.2, -0.15) is 0 Å². The van der Waals surface area contributed by atoms with Gasteiger partial charge in [-0.15, -0.1) is 0 Å². The molecular weight excluding hydrogens is 503 g/mol. The van der Waals surface area contributed by atoms with Crippen molar-refractivity contribution in [2.24, 2.45) is 0 Å². The number of aromatic nitrogens is 3. The summed E-state index contributed by atoms with van der Waals surface area (Å²) in [6, 6.07) is 11.4. The summed E-state index contributed by atoms with van der Waals surface area (Å²) in [5, 5.41) is 12.8. The van der Waals surface area contributed by atoms with Crippen LogP contribution in [-0.2, 0) is 11.3 Å². The molecule has 1 aliphatic heterocycles. The van der Waals surface area contributed by atoms with Crippen LogP contribution in [0.1, 0.15) is 34.8 Å². The highest BCUT2D eigenvalue weighted by Crippen LogP contribution is 2.36. The Morgan fingerprint density at radius 3 is 2.74 bits per heavy atom. The van der Waals surface area contributed by atoms with Gasteiger partial charge in [0.05, 0.1) is 24.1 Å². The number of carbonyl (C=O) groups is 2. The summed E-state index contributed by atoms with van der Waals surface area (Å²) < 4.78 is 20.9. The fourth-order valence-corrected chi connectivity index (χ4v) is 5.05. The van der Waals surface area contributed by atoms with Gasteiger partial charge < -0.3 is 30.4 Å². The Morgan fingerprint density at radius 2 is 2.00 bits per heavy atom. The number of amides is 2. The summed E-state index contributed by atoms with van der Waals surface area (Å²) >= 11 is 0. The molecule has 39 heavy (non-hydrogen) atoms. The lowest BCUT2D eigenvalue weighted by molar-refractivity contribution is -0.135. The second-order valence-corrected chi connectivity index (χ2v) is 9.43. The number of likely N-dealkylation sites (tertiary alicyclic amines) is 1. The average Bonchev–Trinajstić information content (AvgIpc) is 3.37. The van der Waals surface area contributed by atoms with Crippen LogP contribution in [0.3, 0.4) is 0 Å². The summed E-state index contributed by atoms with van der Waals surface area (Å²) in [5.74, 6) is -0.599. The van der Waals surface area contributed by atoms with E-state index in [-0.39, 0.29) is 24.1 Å². The van der Waals surface area contributed by atoms with Crippen LogP contribution in [0.2, 0.25) is 0 Å². The van der Waals surface area contributed by atoms with Crippen molar-refractivity contribution >= 4 is 28.7 Å². The second-order valence-electron chi connectivity index (χ2n) is 9.43. The Hall–Kier alpha value is -4.51. The third kappa shape index (κ3) is 5.26. The number of aliphatic hydroxyl groups excluding tert-OH is 1. The molecule has 0 aliphatic carbocycles. The number of piperidine rings is 1. The fraction of sp³-hybridized carbons (Fsp3) is 0.286. The highest BCUT2D eigenvalue weighted by atomic mass is 19.1. The van der Waals surface area contributed by atoms with E-state index in [1.807, 2.05) is 35.0 Å². The Kier molecular flexibility index (Phi) is 7.42. The molecule has 0 saturated carbocycles. The number of carbonyl (C=O) groups excluding carboxylic acids is 2. The smallest absolute Gasteiger partial charge is 0.255 e. The average molecular weight is 533 g/mol. The number of fused-ring (bicyclic) bond motifs is 1. The topological polar surface area (TPSA) is 136 Å². The van der Waals surface area contributed by atoms with Gasteiger partial charge in [0.2, 0.25) is 5.91 Å². The second kappa shape index (κ2) is 11.1. The van der Waals surface area contributed by atoms with E-state index in [1.54, 1.807) is 4.90 Å². The summed E-state index contributed by atoms with van der Waals surface area (Å²) in [5.41, 5.74) is 9.69. The lowest BCUT2D eigenvalue weighted by Crippen LogP contribution is -2.41. The van der Waals surface area contributed by atoms with Crippen molar-refractivity contribution in [2.45, 2.75) is 25.4 Å². The molecule has 1 atom stereocenters. The van der Waals surface area contributed by atoms with Crippen molar-refractivity contribution in [3.05, 3.63) is 71.9 Å². The molecule has 0 bridgehead atoms. The van der Waals surface area contributed by atoms with Crippen LogP contribution in [0.4, 0.5) is 10.2 Å². The van der Waals surface area contributed by atoms with Gasteiger partial charge in [-0.1, -0.05) is 24.3 Å². The van der Waals surface area contributed by atoms with E-state index >= 15 is 0 Å². The summed E-state index contributed by atoms with van der Waals surface area (Å²) in [7, 11) is 1.43. The van der Waals surface area contributed by atoms with Crippen molar-refractivity contribution in [3.8, 4) is 16.9 Å². The van der Waals surface area contributed by atoms with Crippen molar-refractivity contribution in [1.29, 1.82) is 0 Å². The number of nitrogen functional groups attached to an aromatic ring is 1. The summed E-state index contributed by atoms with van der Waals surface area (Å²) in [6.07, 6.45) is 5.09. The first-order chi connectivity index (χ1) is 18.9. The van der Waals surface area contributed by atoms with Gasteiger partial charge in [0.1, 0.15) is 36.0 Å². The number of nitrogens with one attached hydrogen (secondary N) is 1. The molecule has 2 amide bonds. The van der Waals surface area contributed by atoms with Gasteiger partial charge in [-0.25, -0.2) is 14.4 Å². The number of benzene rings is 2. The van der Waals surface area contributed by atoms with Crippen LogP contribution in [0.25, 0.3) is 22.2 Å². The van der Waals surface area contributed by atoms with E-state index in [2.05, 4.69) is 15.3 Å². The molecule has 1 saturated heterocycles. The first-order valence-electron chi connectivity index (χ1n) is 12.6. The third-order valence-corrected chi connectivity index (χ3v) is 7.04. The van der Waals surface area contributed by atoms with Crippen molar-refractivity contribution in [1.82, 2.24) is 24.8 Å². The van der Waals surface area contributed by atoms with E-state index in [4.69, 9.17) is 10.5 Å². The largest absolute Gasteiger partial charge is 0.496 e. The van der Waals surface area contributed by atoms with Gasteiger partial charge in [-0.05, 0) is 42.2 Å². The molecule has 202 valence electrons. The Labute approximate surface area is 224 Å². The Morgan fingerprint density at radius 1 is 1.21 bits per heavy atom. The number of hydrogen-bond donors (Lipinski definition) is 3. The van der Waals surface area contributed by atoms with E-state index < -0.39 is 18.3 Å².